The lowest BCUT2D eigenvalue weighted by molar-refractivity contribution is 0.0787. The van der Waals surface area contributed by atoms with Crippen molar-refractivity contribution in [3.05, 3.63) is 32.9 Å². The summed E-state index contributed by atoms with van der Waals surface area (Å²) in [6.45, 7) is 3.59. The van der Waals surface area contributed by atoms with Crippen LogP contribution in [0.3, 0.4) is 0 Å². The molecule has 0 unspecified atom stereocenters. The summed E-state index contributed by atoms with van der Waals surface area (Å²) in [6, 6.07) is 5.90. The van der Waals surface area contributed by atoms with Gasteiger partial charge in [-0.05, 0) is 47.2 Å². The molecule has 0 atom stereocenters. The average Bonchev–Trinajstić information content (AvgIpc) is 2.45. The number of halogens is 1. The summed E-state index contributed by atoms with van der Waals surface area (Å²) in [7, 11) is 0. The highest BCUT2D eigenvalue weighted by atomic mass is 127. The smallest absolute Gasteiger partial charge is 0.254 e. The van der Waals surface area contributed by atoms with E-state index in [9.17, 15) is 4.79 Å². The van der Waals surface area contributed by atoms with E-state index in [0.717, 1.165) is 18.7 Å². The van der Waals surface area contributed by atoms with Crippen molar-refractivity contribution in [1.82, 2.24) is 4.90 Å². The van der Waals surface area contributed by atoms with Gasteiger partial charge >= 0.3 is 0 Å². The minimum atomic E-state index is 0.177. The molecule has 2 rings (SSSR count). The fourth-order valence-corrected chi connectivity index (χ4v) is 2.28. The number of nitrogens with zero attached hydrogens (tertiary/aromatic N) is 1. The molecule has 68 valence electrons. The van der Waals surface area contributed by atoms with Gasteiger partial charge in [-0.25, -0.2) is 0 Å². The third kappa shape index (κ3) is 1.35. The Kier molecular flexibility index (Phi) is 2.27. The molecule has 0 fully saturated rings. The van der Waals surface area contributed by atoms with Crippen LogP contribution in [0.4, 0.5) is 0 Å². The third-order valence-electron chi connectivity index (χ3n) is 2.37. The van der Waals surface area contributed by atoms with E-state index in [1.54, 1.807) is 0 Å². The number of hydrogen-bond donors (Lipinski definition) is 0. The van der Waals surface area contributed by atoms with Gasteiger partial charge in [-0.1, -0.05) is 6.07 Å². The van der Waals surface area contributed by atoms with E-state index in [1.807, 2.05) is 30.0 Å². The summed E-state index contributed by atoms with van der Waals surface area (Å²) >= 11 is 2.28. The van der Waals surface area contributed by atoms with E-state index in [0.29, 0.717) is 0 Å². The van der Waals surface area contributed by atoms with Gasteiger partial charge in [-0.2, -0.15) is 0 Å². The quantitative estimate of drug-likeness (QED) is 0.726. The fraction of sp³-hybridized carbons (Fsp3) is 0.300. The molecule has 1 aliphatic heterocycles. The van der Waals surface area contributed by atoms with Gasteiger partial charge < -0.3 is 4.90 Å². The topological polar surface area (TPSA) is 20.3 Å². The minimum absolute atomic E-state index is 0.177. The molecule has 0 aliphatic carbocycles. The Labute approximate surface area is 91.1 Å². The first kappa shape index (κ1) is 8.99. The zero-order valence-corrected chi connectivity index (χ0v) is 9.54. The van der Waals surface area contributed by atoms with Crippen LogP contribution in [0.15, 0.2) is 18.2 Å². The Morgan fingerprint density at radius 1 is 1.54 bits per heavy atom. The van der Waals surface area contributed by atoms with Crippen LogP contribution in [0.2, 0.25) is 0 Å². The summed E-state index contributed by atoms with van der Waals surface area (Å²) in [6.07, 6.45) is 0. The molecule has 2 nitrogen and oxygen atoms in total. The molecule has 1 aromatic carbocycles. The maximum Gasteiger partial charge on any atom is 0.254 e. The van der Waals surface area contributed by atoms with E-state index in [4.69, 9.17) is 0 Å². The maximum atomic E-state index is 11.7. The summed E-state index contributed by atoms with van der Waals surface area (Å²) in [5.74, 6) is 0.177. The highest BCUT2D eigenvalue weighted by molar-refractivity contribution is 14.1. The predicted octanol–water partition coefficient (Wildman–Crippen LogP) is 2.27. The number of benzene rings is 1. The van der Waals surface area contributed by atoms with Crippen LogP contribution in [0.25, 0.3) is 0 Å². The van der Waals surface area contributed by atoms with Crippen molar-refractivity contribution in [2.24, 2.45) is 0 Å². The van der Waals surface area contributed by atoms with Crippen LogP contribution in [0.5, 0.6) is 0 Å². The second kappa shape index (κ2) is 3.29. The van der Waals surface area contributed by atoms with E-state index in [-0.39, 0.29) is 5.91 Å². The van der Waals surface area contributed by atoms with Crippen LogP contribution >= 0.6 is 22.6 Å². The van der Waals surface area contributed by atoms with Crippen molar-refractivity contribution in [2.75, 3.05) is 6.54 Å². The lowest BCUT2D eigenvalue weighted by atomic mass is 10.1. The largest absolute Gasteiger partial charge is 0.335 e. The monoisotopic (exact) mass is 287 g/mol. The molecule has 0 saturated heterocycles. The highest BCUT2D eigenvalue weighted by Gasteiger charge is 2.26. The Balaban J connectivity index is 2.49. The summed E-state index contributed by atoms with van der Waals surface area (Å²) < 4.78 is 1.19. The van der Waals surface area contributed by atoms with Gasteiger partial charge in [0.2, 0.25) is 0 Å². The normalized spacial score (nSPS) is 14.9. The first-order valence-electron chi connectivity index (χ1n) is 4.30. The molecule has 1 aromatic rings. The molecule has 1 heterocycles. The molecular weight excluding hydrogens is 277 g/mol. The first-order valence-corrected chi connectivity index (χ1v) is 5.38. The molecule has 0 saturated carbocycles. The fourth-order valence-electron chi connectivity index (χ4n) is 1.61. The molecular formula is C10H10INO. The second-order valence-corrected chi connectivity index (χ2v) is 4.25. The second-order valence-electron chi connectivity index (χ2n) is 3.09. The first-order chi connectivity index (χ1) is 6.24. The van der Waals surface area contributed by atoms with Crippen molar-refractivity contribution in [3.63, 3.8) is 0 Å². The Hall–Kier alpha value is -0.580. The Bertz CT molecular complexity index is 362. The molecule has 0 N–H and O–H groups in total. The summed E-state index contributed by atoms with van der Waals surface area (Å²) in [4.78, 5) is 13.6. The number of carbonyl (C=O) groups is 1. The van der Waals surface area contributed by atoms with Crippen LogP contribution < -0.4 is 0 Å². The van der Waals surface area contributed by atoms with Gasteiger partial charge in [0.15, 0.2) is 0 Å². The van der Waals surface area contributed by atoms with Gasteiger partial charge in [0.1, 0.15) is 0 Å². The predicted molar refractivity (Wildman–Crippen MR) is 59.6 cm³/mol. The number of amides is 1. The Morgan fingerprint density at radius 2 is 2.31 bits per heavy atom. The molecule has 0 aromatic heterocycles. The molecule has 1 aliphatic rings. The zero-order chi connectivity index (χ0) is 9.42. The van der Waals surface area contributed by atoms with Gasteiger partial charge in [0.05, 0.1) is 0 Å². The standard InChI is InChI=1S/C10H10INO/c1-2-12-6-8-7(10(12)13)4-3-5-9(8)11/h3-5H,2,6H2,1H3. The van der Waals surface area contributed by atoms with Crippen molar-refractivity contribution < 1.29 is 4.79 Å². The van der Waals surface area contributed by atoms with Gasteiger partial charge in [0, 0.05) is 22.2 Å². The van der Waals surface area contributed by atoms with Crippen molar-refractivity contribution in [3.8, 4) is 0 Å². The maximum absolute atomic E-state index is 11.7. The summed E-state index contributed by atoms with van der Waals surface area (Å²) in [5.41, 5.74) is 2.07. The van der Waals surface area contributed by atoms with E-state index >= 15 is 0 Å². The van der Waals surface area contributed by atoms with Crippen LogP contribution in [0, 0.1) is 3.57 Å². The highest BCUT2D eigenvalue weighted by Crippen LogP contribution is 2.26. The number of hydrogen-bond acceptors (Lipinski definition) is 1. The molecule has 1 amide bonds. The van der Waals surface area contributed by atoms with Gasteiger partial charge in [0.25, 0.3) is 5.91 Å². The zero-order valence-electron chi connectivity index (χ0n) is 7.38. The molecule has 3 heteroatoms. The van der Waals surface area contributed by atoms with E-state index < -0.39 is 0 Å². The molecule has 13 heavy (non-hydrogen) atoms. The van der Waals surface area contributed by atoms with E-state index in [1.165, 1.54) is 9.13 Å². The number of carbonyl (C=O) groups excluding carboxylic acids is 1. The van der Waals surface area contributed by atoms with E-state index in [2.05, 4.69) is 22.6 Å². The average molecular weight is 287 g/mol. The lowest BCUT2D eigenvalue weighted by Gasteiger charge is -2.10. The lowest BCUT2D eigenvalue weighted by Crippen LogP contribution is -2.22. The van der Waals surface area contributed by atoms with Crippen molar-refractivity contribution in [2.45, 2.75) is 13.5 Å². The molecule has 0 bridgehead atoms. The third-order valence-corrected chi connectivity index (χ3v) is 3.38. The van der Waals surface area contributed by atoms with Crippen molar-refractivity contribution >= 4 is 28.5 Å². The minimum Gasteiger partial charge on any atom is -0.335 e. The van der Waals surface area contributed by atoms with Crippen LogP contribution in [-0.4, -0.2) is 17.4 Å². The molecule has 0 spiro atoms. The van der Waals surface area contributed by atoms with Crippen LogP contribution in [0.1, 0.15) is 22.8 Å². The van der Waals surface area contributed by atoms with Crippen molar-refractivity contribution in [1.29, 1.82) is 0 Å². The van der Waals surface area contributed by atoms with Gasteiger partial charge in [-0.3, -0.25) is 4.79 Å². The van der Waals surface area contributed by atoms with Crippen LogP contribution in [-0.2, 0) is 6.54 Å². The Morgan fingerprint density at radius 3 is 2.92 bits per heavy atom. The molecule has 0 radical (unpaired) electrons. The SMILES string of the molecule is CCN1Cc2c(I)cccc2C1=O. The number of rotatable bonds is 1. The van der Waals surface area contributed by atoms with Gasteiger partial charge in [-0.15, -0.1) is 0 Å². The summed E-state index contributed by atoms with van der Waals surface area (Å²) in [5, 5.41) is 0. The number of fused-ring (bicyclic) bond motifs is 1.